The highest BCUT2D eigenvalue weighted by molar-refractivity contribution is 5.33. The Bertz CT molecular complexity index is 506. The van der Waals surface area contributed by atoms with E-state index in [0.29, 0.717) is 12.4 Å². The van der Waals surface area contributed by atoms with Gasteiger partial charge in [0.15, 0.2) is 0 Å². The minimum absolute atomic E-state index is 0.218. The van der Waals surface area contributed by atoms with Crippen LogP contribution >= 0.6 is 0 Å². The summed E-state index contributed by atoms with van der Waals surface area (Å²) in [7, 11) is 0. The van der Waals surface area contributed by atoms with Crippen LogP contribution in [0.5, 0.6) is 0 Å². The number of aromatic nitrogens is 3. The van der Waals surface area contributed by atoms with Crippen molar-refractivity contribution in [1.29, 1.82) is 0 Å². The predicted molar refractivity (Wildman–Crippen MR) is 56.2 cm³/mol. The zero-order valence-corrected chi connectivity index (χ0v) is 8.00. The van der Waals surface area contributed by atoms with Gasteiger partial charge in [-0.05, 0) is 18.2 Å². The highest BCUT2D eigenvalue weighted by Crippen LogP contribution is 1.95. The van der Waals surface area contributed by atoms with Crippen molar-refractivity contribution in [1.82, 2.24) is 14.5 Å². The molecular formula is C10H10N4O. The highest BCUT2D eigenvalue weighted by Gasteiger charge is 2.01. The van der Waals surface area contributed by atoms with Gasteiger partial charge >= 0.3 is 0 Å². The van der Waals surface area contributed by atoms with Crippen molar-refractivity contribution in [2.45, 2.75) is 6.54 Å². The van der Waals surface area contributed by atoms with E-state index in [1.165, 1.54) is 4.57 Å². The molecule has 2 aromatic heterocycles. The quantitative estimate of drug-likeness (QED) is 0.758. The van der Waals surface area contributed by atoms with Gasteiger partial charge in [-0.15, -0.1) is 0 Å². The summed E-state index contributed by atoms with van der Waals surface area (Å²) in [6, 6.07) is 5.02. The van der Waals surface area contributed by atoms with Crippen molar-refractivity contribution in [2.75, 3.05) is 5.73 Å². The van der Waals surface area contributed by atoms with Gasteiger partial charge < -0.3 is 10.3 Å². The van der Waals surface area contributed by atoms with E-state index >= 15 is 0 Å². The number of nitrogen functional groups attached to an aromatic ring is 1. The zero-order chi connectivity index (χ0) is 10.7. The third kappa shape index (κ3) is 2.01. The van der Waals surface area contributed by atoms with E-state index in [1.807, 2.05) is 0 Å². The predicted octanol–water partition coefficient (Wildman–Crippen LogP) is 0.269. The van der Waals surface area contributed by atoms with E-state index in [4.69, 9.17) is 5.73 Å². The third-order valence-corrected chi connectivity index (χ3v) is 1.98. The van der Waals surface area contributed by atoms with Crippen molar-refractivity contribution in [3.05, 3.63) is 53.0 Å². The average molecular weight is 202 g/mol. The molecule has 0 amide bonds. The van der Waals surface area contributed by atoms with Gasteiger partial charge in [0.25, 0.3) is 5.56 Å². The highest BCUT2D eigenvalue weighted by atomic mass is 16.1. The molecule has 2 aromatic rings. The van der Waals surface area contributed by atoms with Gasteiger partial charge in [-0.25, -0.2) is 9.97 Å². The number of anilines is 1. The summed E-state index contributed by atoms with van der Waals surface area (Å²) in [6.07, 6.45) is 4.94. The summed E-state index contributed by atoms with van der Waals surface area (Å²) < 4.78 is 1.48. The van der Waals surface area contributed by atoms with Gasteiger partial charge in [-0.3, -0.25) is 4.79 Å². The molecule has 0 saturated carbocycles. The van der Waals surface area contributed by atoms with Crippen molar-refractivity contribution in [3.8, 4) is 0 Å². The number of rotatable bonds is 2. The van der Waals surface area contributed by atoms with Gasteiger partial charge in [0.1, 0.15) is 5.82 Å². The molecule has 5 nitrogen and oxygen atoms in total. The topological polar surface area (TPSA) is 73.8 Å². The smallest absolute Gasteiger partial charge is 0.274 e. The van der Waals surface area contributed by atoms with E-state index in [2.05, 4.69) is 9.97 Å². The lowest BCUT2D eigenvalue weighted by atomic mass is 10.4. The molecule has 2 heterocycles. The molecule has 0 aliphatic heterocycles. The SMILES string of the molecule is Nc1cccn(Cc2ncccn2)c1=O. The molecule has 2 rings (SSSR count). The third-order valence-electron chi connectivity index (χ3n) is 1.98. The Morgan fingerprint density at radius 2 is 2.00 bits per heavy atom. The van der Waals surface area contributed by atoms with Crippen molar-refractivity contribution < 1.29 is 0 Å². The number of nitrogens with zero attached hydrogens (tertiary/aromatic N) is 3. The van der Waals surface area contributed by atoms with E-state index < -0.39 is 0 Å². The fraction of sp³-hybridized carbons (Fsp3) is 0.100. The molecule has 0 aromatic carbocycles. The van der Waals surface area contributed by atoms with Crippen LogP contribution in [-0.2, 0) is 6.54 Å². The molecule has 0 bridgehead atoms. The molecule has 0 aliphatic rings. The summed E-state index contributed by atoms with van der Waals surface area (Å²) >= 11 is 0. The lowest BCUT2D eigenvalue weighted by Gasteiger charge is -2.04. The number of hydrogen-bond acceptors (Lipinski definition) is 4. The fourth-order valence-electron chi connectivity index (χ4n) is 1.24. The van der Waals surface area contributed by atoms with Gasteiger partial charge in [0.05, 0.1) is 12.2 Å². The van der Waals surface area contributed by atoms with Crippen molar-refractivity contribution in [3.63, 3.8) is 0 Å². The minimum atomic E-state index is -0.218. The number of hydrogen-bond donors (Lipinski definition) is 1. The fourth-order valence-corrected chi connectivity index (χ4v) is 1.24. The molecule has 0 unspecified atom stereocenters. The number of pyridine rings is 1. The Labute approximate surface area is 86.2 Å². The van der Waals surface area contributed by atoms with Crippen LogP contribution in [0.15, 0.2) is 41.6 Å². The van der Waals surface area contributed by atoms with Gasteiger partial charge in [-0.2, -0.15) is 0 Å². The largest absolute Gasteiger partial charge is 0.394 e. The molecule has 0 fully saturated rings. The Morgan fingerprint density at radius 3 is 2.73 bits per heavy atom. The lowest BCUT2D eigenvalue weighted by molar-refractivity contribution is 0.716. The summed E-state index contributed by atoms with van der Waals surface area (Å²) in [5.41, 5.74) is 5.51. The van der Waals surface area contributed by atoms with E-state index in [-0.39, 0.29) is 11.2 Å². The molecule has 0 aliphatic carbocycles. The molecule has 2 N–H and O–H groups in total. The van der Waals surface area contributed by atoms with Gasteiger partial charge in [0.2, 0.25) is 0 Å². The maximum atomic E-state index is 11.6. The summed E-state index contributed by atoms with van der Waals surface area (Å²) in [5.74, 6) is 0.588. The van der Waals surface area contributed by atoms with Gasteiger partial charge in [-0.1, -0.05) is 0 Å². The van der Waals surface area contributed by atoms with Crippen LogP contribution < -0.4 is 11.3 Å². The molecule has 76 valence electrons. The molecule has 0 atom stereocenters. The second-order valence-electron chi connectivity index (χ2n) is 3.06. The Hall–Kier alpha value is -2.17. The van der Waals surface area contributed by atoms with Crippen LogP contribution in [0, 0.1) is 0 Å². The van der Waals surface area contributed by atoms with Crippen molar-refractivity contribution >= 4 is 5.69 Å². The first kappa shape index (κ1) is 9.39. The van der Waals surface area contributed by atoms with Crippen LogP contribution in [0.1, 0.15) is 5.82 Å². The van der Waals surface area contributed by atoms with E-state index in [1.54, 1.807) is 36.8 Å². The normalized spacial score (nSPS) is 10.1. The Balaban J connectivity index is 2.33. The van der Waals surface area contributed by atoms with Crippen LogP contribution in [0.25, 0.3) is 0 Å². The second kappa shape index (κ2) is 3.91. The standard InChI is InChI=1S/C10H10N4O/c11-8-3-1-6-14(10(8)15)7-9-12-4-2-5-13-9/h1-6H,7,11H2. The summed E-state index contributed by atoms with van der Waals surface area (Å²) in [5, 5.41) is 0. The molecule has 5 heteroatoms. The molecule has 15 heavy (non-hydrogen) atoms. The lowest BCUT2D eigenvalue weighted by Crippen LogP contribution is -2.23. The molecule has 0 saturated heterocycles. The summed E-state index contributed by atoms with van der Waals surface area (Å²) in [6.45, 7) is 0.338. The van der Waals surface area contributed by atoms with Crippen LogP contribution in [0.2, 0.25) is 0 Å². The monoisotopic (exact) mass is 202 g/mol. The van der Waals surface area contributed by atoms with Crippen LogP contribution in [0.4, 0.5) is 5.69 Å². The first-order chi connectivity index (χ1) is 7.27. The summed E-state index contributed by atoms with van der Waals surface area (Å²) in [4.78, 5) is 19.6. The van der Waals surface area contributed by atoms with Gasteiger partial charge in [0, 0.05) is 18.6 Å². The maximum Gasteiger partial charge on any atom is 0.274 e. The minimum Gasteiger partial charge on any atom is -0.394 e. The molecule has 0 spiro atoms. The zero-order valence-electron chi connectivity index (χ0n) is 8.00. The first-order valence-electron chi connectivity index (χ1n) is 4.48. The maximum absolute atomic E-state index is 11.6. The Kier molecular flexibility index (Phi) is 2.45. The Morgan fingerprint density at radius 1 is 1.27 bits per heavy atom. The first-order valence-corrected chi connectivity index (χ1v) is 4.48. The van der Waals surface area contributed by atoms with Crippen molar-refractivity contribution in [2.24, 2.45) is 0 Å². The molecular weight excluding hydrogens is 192 g/mol. The average Bonchev–Trinajstić information content (AvgIpc) is 2.26. The van der Waals surface area contributed by atoms with Crippen LogP contribution in [0.3, 0.4) is 0 Å². The second-order valence-corrected chi connectivity index (χ2v) is 3.06. The van der Waals surface area contributed by atoms with Crippen LogP contribution in [-0.4, -0.2) is 14.5 Å². The number of nitrogens with two attached hydrogens (primary N) is 1. The van der Waals surface area contributed by atoms with E-state index in [0.717, 1.165) is 0 Å². The van der Waals surface area contributed by atoms with E-state index in [9.17, 15) is 4.79 Å². The molecule has 0 radical (unpaired) electrons.